The Bertz CT molecular complexity index is 875. The Labute approximate surface area is 146 Å². The lowest BCUT2D eigenvalue weighted by Gasteiger charge is -2.24. The molecule has 0 fully saturated rings. The topological polar surface area (TPSA) is 72.4 Å². The van der Waals surface area contributed by atoms with Crippen LogP contribution in [0.5, 0.6) is 0 Å². The van der Waals surface area contributed by atoms with Crippen molar-refractivity contribution in [3.63, 3.8) is 0 Å². The van der Waals surface area contributed by atoms with Gasteiger partial charge in [0.2, 0.25) is 0 Å². The summed E-state index contributed by atoms with van der Waals surface area (Å²) in [5.41, 5.74) is 3.43. The van der Waals surface area contributed by atoms with Gasteiger partial charge >= 0.3 is 6.18 Å². The number of hydrogen-bond donors (Lipinski definition) is 1. The standard InChI is InChI=1S/C17H13F4N3O2/c1-2-8-23(10-11-4-3-5-12(9-11)17(19,20)21)13-6-7-14(24(25)26)16(22)15(13)18/h1,3-7,9H,8,10,22H2. The highest BCUT2D eigenvalue weighted by atomic mass is 19.4. The second kappa shape index (κ2) is 7.31. The van der Waals surface area contributed by atoms with Crippen molar-refractivity contribution in [2.45, 2.75) is 12.7 Å². The molecular weight excluding hydrogens is 354 g/mol. The Balaban J connectivity index is 2.41. The van der Waals surface area contributed by atoms with Crippen LogP contribution in [-0.2, 0) is 12.7 Å². The number of anilines is 2. The third-order valence-electron chi connectivity index (χ3n) is 3.58. The highest BCUT2D eigenvalue weighted by Crippen LogP contribution is 2.33. The number of alkyl halides is 3. The van der Waals surface area contributed by atoms with Gasteiger partial charge in [0.25, 0.3) is 5.69 Å². The van der Waals surface area contributed by atoms with Crippen LogP contribution in [0.4, 0.5) is 34.6 Å². The number of nitro groups is 1. The van der Waals surface area contributed by atoms with E-state index in [4.69, 9.17) is 12.2 Å². The summed E-state index contributed by atoms with van der Waals surface area (Å²) < 4.78 is 52.9. The first kappa shape index (κ1) is 19.1. The molecule has 0 bridgehead atoms. The van der Waals surface area contributed by atoms with Crippen molar-refractivity contribution in [3.05, 3.63) is 63.5 Å². The second-order valence-electron chi connectivity index (χ2n) is 5.35. The zero-order chi connectivity index (χ0) is 19.5. The Kier molecular flexibility index (Phi) is 5.35. The lowest BCUT2D eigenvalue weighted by atomic mass is 10.1. The molecule has 0 aliphatic carbocycles. The average molecular weight is 367 g/mol. The number of halogens is 4. The molecule has 2 N–H and O–H groups in total. The maximum atomic E-state index is 14.4. The SMILES string of the molecule is C#CCN(Cc1cccc(C(F)(F)F)c1)c1ccc([N+](=O)[O-])c(N)c1F. The van der Waals surface area contributed by atoms with Crippen LogP contribution in [0.2, 0.25) is 0 Å². The molecule has 0 unspecified atom stereocenters. The van der Waals surface area contributed by atoms with E-state index in [9.17, 15) is 27.7 Å². The van der Waals surface area contributed by atoms with Gasteiger partial charge in [-0.2, -0.15) is 13.2 Å². The quantitative estimate of drug-likeness (QED) is 0.285. The minimum atomic E-state index is -4.52. The van der Waals surface area contributed by atoms with Crippen LogP contribution in [-0.4, -0.2) is 11.5 Å². The van der Waals surface area contributed by atoms with E-state index >= 15 is 0 Å². The van der Waals surface area contributed by atoms with Crippen LogP contribution in [0, 0.1) is 28.3 Å². The van der Waals surface area contributed by atoms with Gasteiger partial charge in [-0.1, -0.05) is 18.1 Å². The molecule has 2 aromatic rings. The highest BCUT2D eigenvalue weighted by molar-refractivity contribution is 5.68. The normalized spacial score (nSPS) is 11.0. The molecule has 5 nitrogen and oxygen atoms in total. The largest absolute Gasteiger partial charge is 0.416 e. The molecule has 9 heteroatoms. The summed E-state index contributed by atoms with van der Waals surface area (Å²) in [6.45, 7) is -0.271. The van der Waals surface area contributed by atoms with Gasteiger partial charge in [-0.3, -0.25) is 10.1 Å². The number of nitrogens with two attached hydrogens (primary N) is 1. The fourth-order valence-corrected chi connectivity index (χ4v) is 2.38. The summed E-state index contributed by atoms with van der Waals surface area (Å²) in [7, 11) is 0. The lowest BCUT2D eigenvalue weighted by molar-refractivity contribution is -0.384. The van der Waals surface area contributed by atoms with E-state index < -0.39 is 33.9 Å². The van der Waals surface area contributed by atoms with Crippen molar-refractivity contribution in [1.82, 2.24) is 0 Å². The third-order valence-corrected chi connectivity index (χ3v) is 3.58. The minimum absolute atomic E-state index is 0.135. The molecule has 136 valence electrons. The van der Waals surface area contributed by atoms with Gasteiger partial charge in [0.05, 0.1) is 22.7 Å². The molecular formula is C17H13F4N3O2. The third kappa shape index (κ3) is 4.03. The van der Waals surface area contributed by atoms with E-state index in [0.717, 1.165) is 24.3 Å². The summed E-state index contributed by atoms with van der Waals surface area (Å²) >= 11 is 0. The molecule has 0 aromatic heterocycles. The summed E-state index contributed by atoms with van der Waals surface area (Å²) in [6.07, 6.45) is 0.734. The smallest absolute Gasteiger partial charge is 0.391 e. The molecule has 0 aliphatic rings. The van der Waals surface area contributed by atoms with Crippen LogP contribution in [0.15, 0.2) is 36.4 Å². The van der Waals surface area contributed by atoms with Crippen molar-refractivity contribution in [1.29, 1.82) is 0 Å². The number of hydrogen-bond acceptors (Lipinski definition) is 4. The zero-order valence-electron chi connectivity index (χ0n) is 13.3. The van der Waals surface area contributed by atoms with Crippen molar-refractivity contribution in [2.24, 2.45) is 0 Å². The number of terminal acetylenes is 1. The summed E-state index contributed by atoms with van der Waals surface area (Å²) in [4.78, 5) is 11.2. The molecule has 0 saturated carbocycles. The predicted molar refractivity (Wildman–Crippen MR) is 88.8 cm³/mol. The van der Waals surface area contributed by atoms with Crippen LogP contribution < -0.4 is 10.6 Å². The predicted octanol–water partition coefficient (Wildman–Crippen LogP) is 3.97. The summed E-state index contributed by atoms with van der Waals surface area (Å²) in [5, 5.41) is 10.8. The van der Waals surface area contributed by atoms with Gasteiger partial charge in [0, 0.05) is 12.6 Å². The molecule has 0 heterocycles. The fourth-order valence-electron chi connectivity index (χ4n) is 2.38. The maximum Gasteiger partial charge on any atom is 0.416 e. The van der Waals surface area contributed by atoms with E-state index in [1.807, 2.05) is 0 Å². The van der Waals surface area contributed by atoms with E-state index in [-0.39, 0.29) is 24.3 Å². The van der Waals surface area contributed by atoms with Crippen LogP contribution in [0.3, 0.4) is 0 Å². The average Bonchev–Trinajstić information content (AvgIpc) is 2.56. The zero-order valence-corrected chi connectivity index (χ0v) is 13.3. The van der Waals surface area contributed by atoms with Gasteiger partial charge in [0.1, 0.15) is 5.69 Å². The van der Waals surface area contributed by atoms with Gasteiger partial charge in [-0.15, -0.1) is 6.42 Å². The van der Waals surface area contributed by atoms with Crippen LogP contribution in [0.25, 0.3) is 0 Å². The molecule has 2 rings (SSSR count). The van der Waals surface area contributed by atoms with Crippen LogP contribution >= 0.6 is 0 Å². The molecule has 0 spiro atoms. The second-order valence-corrected chi connectivity index (χ2v) is 5.35. The Morgan fingerprint density at radius 2 is 1.96 bits per heavy atom. The van der Waals surface area contributed by atoms with Crippen molar-refractivity contribution < 1.29 is 22.5 Å². The highest BCUT2D eigenvalue weighted by Gasteiger charge is 2.30. The van der Waals surface area contributed by atoms with E-state index in [1.165, 1.54) is 17.0 Å². The van der Waals surface area contributed by atoms with Gasteiger partial charge in [0.15, 0.2) is 5.82 Å². The van der Waals surface area contributed by atoms with Gasteiger partial charge < -0.3 is 10.6 Å². The summed E-state index contributed by atoms with van der Waals surface area (Å²) in [5.74, 6) is 1.22. The number of benzene rings is 2. The van der Waals surface area contributed by atoms with Crippen molar-refractivity contribution >= 4 is 17.1 Å². The number of nitrogens with zero attached hydrogens (tertiary/aromatic N) is 2. The molecule has 26 heavy (non-hydrogen) atoms. The molecule has 2 aromatic carbocycles. The first-order chi connectivity index (χ1) is 12.1. The Morgan fingerprint density at radius 3 is 2.54 bits per heavy atom. The number of nitro benzene ring substituents is 1. The van der Waals surface area contributed by atoms with Crippen molar-refractivity contribution in [2.75, 3.05) is 17.2 Å². The lowest BCUT2D eigenvalue weighted by Crippen LogP contribution is -2.24. The minimum Gasteiger partial charge on any atom is -0.391 e. The first-order valence-corrected chi connectivity index (χ1v) is 7.22. The number of nitrogen functional groups attached to an aromatic ring is 1. The number of rotatable bonds is 5. The van der Waals surface area contributed by atoms with Crippen LogP contribution in [0.1, 0.15) is 11.1 Å². The van der Waals surface area contributed by atoms with E-state index in [0.29, 0.717) is 0 Å². The molecule has 0 radical (unpaired) electrons. The van der Waals surface area contributed by atoms with E-state index in [1.54, 1.807) is 0 Å². The molecule has 0 amide bonds. The fraction of sp³-hybridized carbons (Fsp3) is 0.176. The van der Waals surface area contributed by atoms with Gasteiger partial charge in [-0.05, 0) is 23.8 Å². The molecule has 0 atom stereocenters. The first-order valence-electron chi connectivity index (χ1n) is 7.22. The maximum absolute atomic E-state index is 14.4. The van der Waals surface area contributed by atoms with E-state index in [2.05, 4.69) is 5.92 Å². The molecule has 0 aliphatic heterocycles. The van der Waals surface area contributed by atoms with Gasteiger partial charge in [-0.25, -0.2) is 4.39 Å². The van der Waals surface area contributed by atoms with Crippen molar-refractivity contribution in [3.8, 4) is 12.3 Å². The molecule has 0 saturated heterocycles. The summed E-state index contributed by atoms with van der Waals surface area (Å²) in [6, 6.07) is 6.64. The monoisotopic (exact) mass is 367 g/mol. The Morgan fingerprint density at radius 1 is 1.27 bits per heavy atom. The Hall–Kier alpha value is -3.28.